The molecular weight excluding hydrogens is 372 g/mol. The number of thioether (sulfide) groups is 1. The van der Waals surface area contributed by atoms with Crippen LogP contribution in [0.4, 0.5) is 0 Å². The average molecular weight is 395 g/mol. The molecule has 0 radical (unpaired) electrons. The van der Waals surface area contributed by atoms with Crippen LogP contribution in [0, 0.1) is 6.92 Å². The highest BCUT2D eigenvalue weighted by Crippen LogP contribution is 2.22. The summed E-state index contributed by atoms with van der Waals surface area (Å²) >= 11 is 7.33. The zero-order chi connectivity index (χ0) is 18.4. The minimum atomic E-state index is 0.0427. The summed E-state index contributed by atoms with van der Waals surface area (Å²) in [5, 5.41) is 11.3. The first-order valence-corrected chi connectivity index (χ1v) is 10.2. The number of aryl methyl sites for hydroxylation is 1. The van der Waals surface area contributed by atoms with E-state index in [1.807, 2.05) is 19.1 Å². The number of amides is 1. The molecule has 1 fully saturated rings. The van der Waals surface area contributed by atoms with Crippen molar-refractivity contribution in [1.29, 1.82) is 0 Å². The molecule has 0 atom stereocenters. The van der Waals surface area contributed by atoms with Crippen molar-refractivity contribution in [3.05, 3.63) is 34.6 Å². The third-order valence-electron chi connectivity index (χ3n) is 4.32. The molecular formula is C18H23ClN4O2S. The highest BCUT2D eigenvalue weighted by atomic mass is 35.5. The average Bonchev–Trinajstić information content (AvgIpc) is 3.10. The molecule has 0 saturated heterocycles. The molecule has 1 aromatic heterocycles. The number of rotatable bonds is 7. The van der Waals surface area contributed by atoms with Crippen LogP contribution in [0.5, 0.6) is 5.75 Å². The molecule has 0 bridgehead atoms. The van der Waals surface area contributed by atoms with Gasteiger partial charge in [0.1, 0.15) is 12.4 Å². The van der Waals surface area contributed by atoms with Crippen molar-refractivity contribution in [2.24, 2.45) is 0 Å². The lowest BCUT2D eigenvalue weighted by atomic mass is 9.95. The molecule has 3 rings (SSSR count). The molecule has 26 heavy (non-hydrogen) atoms. The molecule has 140 valence electrons. The number of ether oxygens (including phenoxy) is 1. The van der Waals surface area contributed by atoms with Crippen LogP contribution in [0.2, 0.25) is 5.02 Å². The second-order valence-corrected chi connectivity index (χ2v) is 7.81. The normalized spacial score (nSPS) is 15.0. The Morgan fingerprint density at radius 3 is 2.96 bits per heavy atom. The third kappa shape index (κ3) is 5.64. The topological polar surface area (TPSA) is 79.9 Å². The standard InChI is InChI=1S/C18H23ClN4O2S/c1-12-9-14(7-8-15(12)19)25-10-16-21-18(23-22-16)26-11-17(24)20-13-5-3-2-4-6-13/h7-9,13H,2-6,10-11H2,1H3,(H,20,24)(H,21,22,23). The Morgan fingerprint density at radius 1 is 1.38 bits per heavy atom. The first-order valence-electron chi connectivity index (χ1n) is 8.82. The Balaban J connectivity index is 1.42. The van der Waals surface area contributed by atoms with Gasteiger partial charge in [0, 0.05) is 11.1 Å². The maximum Gasteiger partial charge on any atom is 0.230 e. The van der Waals surface area contributed by atoms with Gasteiger partial charge in [0.25, 0.3) is 0 Å². The predicted octanol–water partition coefficient (Wildman–Crippen LogP) is 3.89. The smallest absolute Gasteiger partial charge is 0.230 e. The van der Waals surface area contributed by atoms with Crippen molar-refractivity contribution in [2.45, 2.75) is 56.8 Å². The fourth-order valence-corrected chi connectivity index (χ4v) is 3.66. The maximum atomic E-state index is 12.0. The van der Waals surface area contributed by atoms with Crippen molar-refractivity contribution < 1.29 is 9.53 Å². The molecule has 2 N–H and O–H groups in total. The lowest BCUT2D eigenvalue weighted by molar-refractivity contribution is -0.119. The zero-order valence-electron chi connectivity index (χ0n) is 14.8. The van der Waals surface area contributed by atoms with Gasteiger partial charge in [0.2, 0.25) is 11.1 Å². The minimum Gasteiger partial charge on any atom is -0.486 e. The summed E-state index contributed by atoms with van der Waals surface area (Å²) in [7, 11) is 0. The third-order valence-corrected chi connectivity index (χ3v) is 5.59. The van der Waals surface area contributed by atoms with E-state index in [0.29, 0.717) is 27.8 Å². The number of H-pyrrole nitrogens is 1. The summed E-state index contributed by atoms with van der Waals surface area (Å²) in [6.07, 6.45) is 5.86. The van der Waals surface area contributed by atoms with E-state index >= 15 is 0 Å². The molecule has 2 aromatic rings. The van der Waals surface area contributed by atoms with Crippen molar-refractivity contribution in [2.75, 3.05) is 5.75 Å². The quantitative estimate of drug-likeness (QED) is 0.696. The number of halogens is 1. The summed E-state index contributed by atoms with van der Waals surface area (Å²) in [5.41, 5.74) is 0.960. The summed E-state index contributed by atoms with van der Waals surface area (Å²) in [5.74, 6) is 1.71. The van der Waals surface area contributed by atoms with E-state index in [1.165, 1.54) is 31.0 Å². The minimum absolute atomic E-state index is 0.0427. The lowest BCUT2D eigenvalue weighted by Gasteiger charge is -2.22. The second-order valence-electron chi connectivity index (χ2n) is 6.46. The molecule has 8 heteroatoms. The lowest BCUT2D eigenvalue weighted by Crippen LogP contribution is -2.37. The monoisotopic (exact) mass is 394 g/mol. The Kier molecular flexibility index (Phi) is 6.80. The van der Waals surface area contributed by atoms with Crippen molar-refractivity contribution in [3.8, 4) is 5.75 Å². The molecule has 1 saturated carbocycles. The van der Waals surface area contributed by atoms with Gasteiger partial charge in [-0.25, -0.2) is 4.98 Å². The van der Waals surface area contributed by atoms with E-state index in [4.69, 9.17) is 16.3 Å². The Bertz CT molecular complexity index is 747. The van der Waals surface area contributed by atoms with E-state index in [0.717, 1.165) is 24.2 Å². The highest BCUT2D eigenvalue weighted by molar-refractivity contribution is 7.99. The van der Waals surface area contributed by atoms with Crippen LogP contribution in [0.15, 0.2) is 23.4 Å². The molecule has 0 unspecified atom stereocenters. The van der Waals surface area contributed by atoms with Crippen LogP contribution in [0.1, 0.15) is 43.5 Å². The molecule has 0 spiro atoms. The largest absolute Gasteiger partial charge is 0.486 e. The first kappa shape index (κ1) is 19.0. The first-order chi connectivity index (χ1) is 12.6. The predicted molar refractivity (Wildman–Crippen MR) is 103 cm³/mol. The fraction of sp³-hybridized carbons (Fsp3) is 0.500. The van der Waals surface area contributed by atoms with Gasteiger partial charge in [-0.1, -0.05) is 42.6 Å². The van der Waals surface area contributed by atoms with Gasteiger partial charge in [0.15, 0.2) is 5.82 Å². The van der Waals surface area contributed by atoms with Crippen molar-refractivity contribution in [3.63, 3.8) is 0 Å². The van der Waals surface area contributed by atoms with Crippen LogP contribution in [0.3, 0.4) is 0 Å². The van der Waals surface area contributed by atoms with E-state index in [9.17, 15) is 4.79 Å². The van der Waals surface area contributed by atoms with E-state index < -0.39 is 0 Å². The van der Waals surface area contributed by atoms with Gasteiger partial charge in [-0.2, -0.15) is 0 Å². The Morgan fingerprint density at radius 2 is 2.19 bits per heavy atom. The number of hydrogen-bond acceptors (Lipinski definition) is 5. The number of carbonyl (C=O) groups excluding carboxylic acids is 1. The summed E-state index contributed by atoms with van der Waals surface area (Å²) in [6, 6.07) is 5.83. The molecule has 0 aliphatic heterocycles. The van der Waals surface area contributed by atoms with E-state index in [-0.39, 0.29) is 12.5 Å². The fourth-order valence-electron chi connectivity index (χ4n) is 2.91. The maximum absolute atomic E-state index is 12.0. The van der Waals surface area contributed by atoms with Crippen molar-refractivity contribution in [1.82, 2.24) is 20.5 Å². The van der Waals surface area contributed by atoms with Gasteiger partial charge >= 0.3 is 0 Å². The van der Waals surface area contributed by atoms with Gasteiger partial charge in [-0.05, 0) is 43.5 Å². The van der Waals surface area contributed by atoms with Gasteiger partial charge < -0.3 is 10.1 Å². The van der Waals surface area contributed by atoms with Gasteiger partial charge in [-0.15, -0.1) is 5.10 Å². The number of carbonyl (C=O) groups is 1. The van der Waals surface area contributed by atoms with Crippen LogP contribution >= 0.6 is 23.4 Å². The van der Waals surface area contributed by atoms with Crippen LogP contribution in [0.25, 0.3) is 0 Å². The number of nitrogens with one attached hydrogen (secondary N) is 2. The van der Waals surface area contributed by atoms with Gasteiger partial charge in [-0.3, -0.25) is 9.89 Å². The summed E-state index contributed by atoms with van der Waals surface area (Å²) in [6.45, 7) is 2.21. The summed E-state index contributed by atoms with van der Waals surface area (Å²) < 4.78 is 5.69. The molecule has 1 aliphatic carbocycles. The van der Waals surface area contributed by atoms with E-state index in [2.05, 4.69) is 20.5 Å². The SMILES string of the molecule is Cc1cc(OCc2nc(SCC(=O)NC3CCCCC3)n[nH]2)ccc1Cl. The van der Waals surface area contributed by atoms with Crippen LogP contribution in [-0.2, 0) is 11.4 Å². The molecule has 1 heterocycles. The molecule has 1 aliphatic rings. The van der Waals surface area contributed by atoms with Crippen LogP contribution < -0.4 is 10.1 Å². The molecule has 1 amide bonds. The molecule has 6 nitrogen and oxygen atoms in total. The summed E-state index contributed by atoms with van der Waals surface area (Å²) in [4.78, 5) is 16.4. The van der Waals surface area contributed by atoms with E-state index in [1.54, 1.807) is 6.07 Å². The number of benzene rings is 1. The zero-order valence-corrected chi connectivity index (χ0v) is 16.3. The van der Waals surface area contributed by atoms with Gasteiger partial charge in [0.05, 0.1) is 5.75 Å². The van der Waals surface area contributed by atoms with Crippen LogP contribution in [-0.4, -0.2) is 32.9 Å². The highest BCUT2D eigenvalue weighted by Gasteiger charge is 2.16. The Labute approximate surface area is 162 Å². The number of hydrogen-bond donors (Lipinski definition) is 2. The Hall–Kier alpha value is -1.73. The second kappa shape index (κ2) is 9.28. The number of nitrogens with zero attached hydrogens (tertiary/aromatic N) is 2. The molecule has 1 aromatic carbocycles. The number of aromatic nitrogens is 3. The van der Waals surface area contributed by atoms with Crippen molar-refractivity contribution >= 4 is 29.3 Å². The number of aromatic amines is 1.